The van der Waals surface area contributed by atoms with Crippen LogP contribution >= 0.6 is 0 Å². The van der Waals surface area contributed by atoms with Gasteiger partial charge >= 0.3 is 5.69 Å². The predicted molar refractivity (Wildman–Crippen MR) is 110 cm³/mol. The first-order valence-electron chi connectivity index (χ1n) is 9.50. The van der Waals surface area contributed by atoms with Crippen LogP contribution in [0, 0.1) is 10.1 Å². The van der Waals surface area contributed by atoms with Crippen LogP contribution < -0.4 is 21.9 Å². The fraction of sp³-hybridized carbons (Fsp3) is 0.421. The minimum atomic E-state index is -0.768. The number of nitrogens with zero attached hydrogens (tertiary/aromatic N) is 3. The number of non-ortho nitro benzene ring substituents is 1. The van der Waals surface area contributed by atoms with Gasteiger partial charge in [0.05, 0.1) is 4.92 Å². The summed E-state index contributed by atoms with van der Waals surface area (Å²) in [6.07, 6.45) is 2.80. The third-order valence-electron chi connectivity index (χ3n) is 4.50. The zero-order valence-electron chi connectivity index (χ0n) is 16.5. The Morgan fingerprint density at radius 3 is 2.55 bits per heavy atom. The number of amides is 1. The van der Waals surface area contributed by atoms with Gasteiger partial charge in [-0.3, -0.25) is 29.3 Å². The molecule has 1 amide bonds. The van der Waals surface area contributed by atoms with E-state index in [0.717, 1.165) is 18.9 Å². The Bertz CT molecular complexity index is 1010. The third kappa shape index (κ3) is 4.89. The van der Waals surface area contributed by atoms with Crippen molar-refractivity contribution in [1.82, 2.24) is 9.55 Å². The average Bonchev–Trinajstić information content (AvgIpc) is 2.69. The molecule has 0 bridgehead atoms. The second-order valence-corrected chi connectivity index (χ2v) is 6.62. The average molecular weight is 403 g/mol. The van der Waals surface area contributed by atoms with E-state index in [1.54, 1.807) is 0 Å². The molecule has 0 spiro atoms. The van der Waals surface area contributed by atoms with E-state index in [1.807, 2.05) is 13.8 Å². The Kier molecular flexibility index (Phi) is 7.29. The molecule has 0 aliphatic carbocycles. The Morgan fingerprint density at radius 1 is 1.24 bits per heavy atom. The smallest absolute Gasteiger partial charge is 0.330 e. The van der Waals surface area contributed by atoms with Gasteiger partial charge in [-0.25, -0.2) is 4.79 Å². The van der Waals surface area contributed by atoms with E-state index in [9.17, 15) is 24.5 Å². The van der Waals surface area contributed by atoms with Crippen LogP contribution in [0.25, 0.3) is 0 Å². The van der Waals surface area contributed by atoms with E-state index >= 15 is 0 Å². The maximum Gasteiger partial charge on any atom is 0.330 e. The van der Waals surface area contributed by atoms with E-state index in [2.05, 4.69) is 4.98 Å². The van der Waals surface area contributed by atoms with E-state index in [-0.39, 0.29) is 29.3 Å². The lowest BCUT2D eigenvalue weighted by Crippen LogP contribution is -2.41. The molecule has 1 heterocycles. The zero-order valence-corrected chi connectivity index (χ0v) is 16.5. The lowest BCUT2D eigenvalue weighted by molar-refractivity contribution is -0.384. The summed E-state index contributed by atoms with van der Waals surface area (Å²) < 4.78 is 1.24. The number of nitrogens with two attached hydrogens (primary N) is 1. The van der Waals surface area contributed by atoms with Crippen LogP contribution in [0.3, 0.4) is 0 Å². The summed E-state index contributed by atoms with van der Waals surface area (Å²) in [6.45, 7) is 4.35. The van der Waals surface area contributed by atoms with Gasteiger partial charge in [-0.2, -0.15) is 0 Å². The van der Waals surface area contributed by atoms with E-state index in [1.165, 1.54) is 27.7 Å². The molecule has 0 unspecified atom stereocenters. The summed E-state index contributed by atoms with van der Waals surface area (Å²) in [4.78, 5) is 51.7. The molecular weight excluding hydrogens is 378 g/mol. The molecule has 1 aromatic heterocycles. The zero-order chi connectivity index (χ0) is 21.6. The number of H-pyrrole nitrogens is 1. The monoisotopic (exact) mass is 403 g/mol. The second-order valence-electron chi connectivity index (χ2n) is 6.62. The van der Waals surface area contributed by atoms with Gasteiger partial charge in [-0.15, -0.1) is 0 Å². The molecule has 0 saturated heterocycles. The third-order valence-corrected chi connectivity index (χ3v) is 4.50. The molecule has 0 aliphatic rings. The minimum absolute atomic E-state index is 0.0559. The summed E-state index contributed by atoms with van der Waals surface area (Å²) in [6, 6.07) is 5.27. The number of unbranched alkanes of at least 4 members (excludes halogenated alkanes) is 2. The number of anilines is 2. The number of carbonyl (C=O) groups is 1. The number of nitrogens with one attached hydrogen (secondary N) is 1. The van der Waals surface area contributed by atoms with Crippen LogP contribution in [0.1, 0.15) is 49.9 Å². The molecule has 29 heavy (non-hydrogen) atoms. The number of aromatic amines is 1. The van der Waals surface area contributed by atoms with Crippen LogP contribution in [-0.4, -0.2) is 26.9 Å². The maximum atomic E-state index is 13.1. The van der Waals surface area contributed by atoms with Gasteiger partial charge in [-0.1, -0.05) is 32.8 Å². The molecule has 1 aromatic carbocycles. The number of hydrogen-bond donors (Lipinski definition) is 2. The first kappa shape index (κ1) is 21.9. The molecule has 0 radical (unpaired) electrons. The molecule has 10 heteroatoms. The van der Waals surface area contributed by atoms with Crippen molar-refractivity contribution in [2.75, 3.05) is 17.2 Å². The SMILES string of the molecule is CCCCN(C(=O)c1cccc([N+](=O)[O-])c1)c1c(N)n(CCCC)c(=O)[nH]c1=O. The van der Waals surface area contributed by atoms with E-state index in [0.29, 0.717) is 19.4 Å². The van der Waals surface area contributed by atoms with Crippen LogP contribution in [0.4, 0.5) is 17.2 Å². The standard InChI is InChI=1S/C19H25N5O5/c1-3-5-10-22(18(26)13-8-7-9-14(12-13)24(28)29)15-16(20)23(11-6-4-2)19(27)21-17(15)25/h7-9,12H,3-6,10-11,20H2,1-2H3,(H,21,25,27). The molecule has 0 fully saturated rings. The molecule has 3 N–H and O–H groups in total. The van der Waals surface area contributed by atoms with Gasteiger partial charge < -0.3 is 10.6 Å². The first-order chi connectivity index (χ1) is 13.8. The van der Waals surface area contributed by atoms with Crippen molar-refractivity contribution in [1.29, 1.82) is 0 Å². The lowest BCUT2D eigenvalue weighted by Gasteiger charge is -2.24. The topological polar surface area (TPSA) is 144 Å². The number of nitro groups is 1. The number of nitro benzene ring substituents is 1. The van der Waals surface area contributed by atoms with Crippen molar-refractivity contribution in [3.63, 3.8) is 0 Å². The number of benzene rings is 1. The molecule has 2 rings (SSSR count). The van der Waals surface area contributed by atoms with Gasteiger partial charge in [0.25, 0.3) is 17.2 Å². The van der Waals surface area contributed by atoms with Gasteiger partial charge in [0.15, 0.2) is 5.69 Å². The molecule has 0 saturated carbocycles. The van der Waals surface area contributed by atoms with Crippen molar-refractivity contribution in [2.24, 2.45) is 0 Å². The van der Waals surface area contributed by atoms with Crippen molar-refractivity contribution < 1.29 is 9.72 Å². The van der Waals surface area contributed by atoms with Crippen LogP contribution in [0.2, 0.25) is 0 Å². The normalized spacial score (nSPS) is 10.7. The van der Waals surface area contributed by atoms with Gasteiger partial charge in [0.2, 0.25) is 0 Å². The van der Waals surface area contributed by atoms with Crippen LogP contribution in [0.5, 0.6) is 0 Å². The second kappa shape index (κ2) is 9.67. The Balaban J connectivity index is 2.59. The number of carbonyl (C=O) groups excluding carboxylic acids is 1. The van der Waals surface area contributed by atoms with Gasteiger partial charge in [0.1, 0.15) is 5.82 Å². The summed E-state index contributed by atoms with van der Waals surface area (Å²) in [7, 11) is 0. The summed E-state index contributed by atoms with van der Waals surface area (Å²) in [5, 5.41) is 11.0. The highest BCUT2D eigenvalue weighted by molar-refractivity contribution is 6.07. The molecular formula is C19H25N5O5. The number of aromatic nitrogens is 2. The van der Waals surface area contributed by atoms with Crippen molar-refractivity contribution >= 4 is 23.1 Å². The minimum Gasteiger partial charge on any atom is -0.383 e. The molecule has 10 nitrogen and oxygen atoms in total. The van der Waals surface area contributed by atoms with Gasteiger partial charge in [0, 0.05) is 30.8 Å². The fourth-order valence-corrected chi connectivity index (χ4v) is 2.92. The quantitative estimate of drug-likeness (QED) is 0.485. The van der Waals surface area contributed by atoms with E-state index in [4.69, 9.17) is 5.73 Å². The van der Waals surface area contributed by atoms with Crippen molar-refractivity contribution in [2.45, 2.75) is 46.1 Å². The van der Waals surface area contributed by atoms with Gasteiger partial charge in [-0.05, 0) is 18.9 Å². The summed E-state index contributed by atoms with van der Waals surface area (Å²) >= 11 is 0. The van der Waals surface area contributed by atoms with Crippen molar-refractivity contribution in [3.8, 4) is 0 Å². The largest absolute Gasteiger partial charge is 0.383 e. The first-order valence-corrected chi connectivity index (χ1v) is 9.50. The highest BCUT2D eigenvalue weighted by atomic mass is 16.6. The van der Waals surface area contributed by atoms with Crippen LogP contribution in [0.15, 0.2) is 33.9 Å². The molecule has 0 atom stereocenters. The fourth-order valence-electron chi connectivity index (χ4n) is 2.92. The molecule has 156 valence electrons. The number of rotatable bonds is 9. The molecule has 2 aromatic rings. The van der Waals surface area contributed by atoms with E-state index < -0.39 is 22.1 Å². The Morgan fingerprint density at radius 2 is 1.93 bits per heavy atom. The maximum absolute atomic E-state index is 13.1. The number of nitrogen functional groups attached to an aromatic ring is 1. The van der Waals surface area contributed by atoms with Crippen LogP contribution in [-0.2, 0) is 6.54 Å². The Labute approximate surface area is 167 Å². The highest BCUT2D eigenvalue weighted by Gasteiger charge is 2.25. The Hall–Kier alpha value is -3.43. The highest BCUT2D eigenvalue weighted by Crippen LogP contribution is 2.22. The van der Waals surface area contributed by atoms with Crippen molar-refractivity contribution in [3.05, 3.63) is 60.8 Å². The predicted octanol–water partition coefficient (Wildman–Crippen LogP) is 2.27. The summed E-state index contributed by atoms with van der Waals surface area (Å²) in [5.74, 6) is -0.692. The molecule has 0 aliphatic heterocycles. The lowest BCUT2D eigenvalue weighted by atomic mass is 10.1. The summed E-state index contributed by atoms with van der Waals surface area (Å²) in [5.41, 5.74) is 4.43. The number of hydrogen-bond acceptors (Lipinski definition) is 6.